The third-order valence-electron chi connectivity index (χ3n) is 5.84. The molecular formula is C27H27N3O3. The van der Waals surface area contributed by atoms with Gasteiger partial charge in [0, 0.05) is 12.5 Å². The van der Waals surface area contributed by atoms with Gasteiger partial charge >= 0.3 is 6.03 Å². The van der Waals surface area contributed by atoms with Gasteiger partial charge in [-0.25, -0.2) is 4.79 Å². The lowest BCUT2D eigenvalue weighted by Gasteiger charge is -2.19. The number of carbonyl (C=O) groups excluding carboxylic acids is 3. The van der Waals surface area contributed by atoms with Crippen LogP contribution in [0.15, 0.2) is 91.0 Å². The second kappa shape index (κ2) is 10.6. The Balaban J connectivity index is 1.31. The number of rotatable bonds is 9. The third-order valence-corrected chi connectivity index (χ3v) is 5.84. The van der Waals surface area contributed by atoms with Gasteiger partial charge in [-0.15, -0.1) is 0 Å². The van der Waals surface area contributed by atoms with Gasteiger partial charge in [-0.3, -0.25) is 14.5 Å². The van der Waals surface area contributed by atoms with Crippen LogP contribution in [0.2, 0.25) is 0 Å². The van der Waals surface area contributed by atoms with E-state index in [-0.39, 0.29) is 30.7 Å². The van der Waals surface area contributed by atoms with Crippen molar-refractivity contribution in [3.05, 3.63) is 108 Å². The van der Waals surface area contributed by atoms with Crippen molar-refractivity contribution < 1.29 is 14.4 Å². The molecule has 6 heteroatoms. The van der Waals surface area contributed by atoms with Crippen LogP contribution in [0.3, 0.4) is 0 Å². The van der Waals surface area contributed by atoms with Crippen molar-refractivity contribution in [2.45, 2.75) is 31.3 Å². The van der Waals surface area contributed by atoms with E-state index in [1.54, 1.807) is 0 Å². The molecule has 0 spiro atoms. The van der Waals surface area contributed by atoms with E-state index in [9.17, 15) is 14.4 Å². The van der Waals surface area contributed by atoms with E-state index in [4.69, 9.17) is 0 Å². The van der Waals surface area contributed by atoms with Crippen molar-refractivity contribution >= 4 is 17.8 Å². The number of carbonyl (C=O) groups is 3. The van der Waals surface area contributed by atoms with E-state index < -0.39 is 12.1 Å². The Morgan fingerprint density at radius 3 is 1.97 bits per heavy atom. The zero-order valence-corrected chi connectivity index (χ0v) is 18.3. The highest BCUT2D eigenvalue weighted by Crippen LogP contribution is 2.27. The number of nitrogens with zero attached hydrogens (tertiary/aromatic N) is 1. The molecule has 0 aromatic heterocycles. The fraction of sp³-hybridized carbons (Fsp3) is 0.222. The lowest BCUT2D eigenvalue weighted by Crippen LogP contribution is -2.37. The molecule has 1 saturated heterocycles. The monoisotopic (exact) mass is 441 g/mol. The van der Waals surface area contributed by atoms with Crippen LogP contribution >= 0.6 is 0 Å². The summed E-state index contributed by atoms with van der Waals surface area (Å²) in [5.41, 5.74) is 3.24. The third kappa shape index (κ3) is 5.66. The maximum atomic E-state index is 12.7. The number of benzene rings is 3. The average molecular weight is 442 g/mol. The second-order valence-corrected chi connectivity index (χ2v) is 8.13. The Morgan fingerprint density at radius 2 is 1.39 bits per heavy atom. The molecule has 2 N–H and O–H groups in total. The minimum absolute atomic E-state index is 0.0722. The second-order valence-electron chi connectivity index (χ2n) is 8.13. The van der Waals surface area contributed by atoms with Crippen molar-refractivity contribution in [3.63, 3.8) is 0 Å². The molecular weight excluding hydrogens is 414 g/mol. The predicted molar refractivity (Wildman–Crippen MR) is 126 cm³/mol. The SMILES string of the molecule is O=C(C[C@@H]1NC(=O)N(Cc2ccccc2)C1=O)NCCC(c1ccccc1)c1ccccc1. The molecule has 0 radical (unpaired) electrons. The Bertz CT molecular complexity index is 1050. The first-order chi connectivity index (χ1) is 16.1. The van der Waals surface area contributed by atoms with Gasteiger partial charge < -0.3 is 10.6 Å². The standard InChI is InChI=1S/C27H27N3O3/c31-25(18-24-26(32)30(27(33)29-24)19-20-10-4-1-5-11-20)28-17-16-23(21-12-6-2-7-13-21)22-14-8-3-9-15-22/h1-15,23-24H,16-19H2,(H,28,31)(H,29,33)/t24-/m0/s1. The number of imide groups is 1. The molecule has 33 heavy (non-hydrogen) atoms. The van der Waals surface area contributed by atoms with Gasteiger partial charge in [-0.2, -0.15) is 0 Å². The predicted octanol–water partition coefficient (Wildman–Crippen LogP) is 3.84. The van der Waals surface area contributed by atoms with Crippen LogP contribution in [-0.4, -0.2) is 35.3 Å². The molecule has 1 aliphatic rings. The van der Waals surface area contributed by atoms with Gasteiger partial charge in [0.25, 0.3) is 5.91 Å². The summed E-state index contributed by atoms with van der Waals surface area (Å²) in [5, 5.41) is 5.55. The van der Waals surface area contributed by atoms with Crippen molar-refractivity contribution in [2.24, 2.45) is 0 Å². The Kier molecular flexibility index (Phi) is 7.15. The molecule has 6 nitrogen and oxygen atoms in total. The molecule has 0 saturated carbocycles. The molecule has 1 fully saturated rings. The van der Waals surface area contributed by atoms with Crippen molar-refractivity contribution in [3.8, 4) is 0 Å². The van der Waals surface area contributed by atoms with Crippen LogP contribution in [0.5, 0.6) is 0 Å². The summed E-state index contributed by atoms with van der Waals surface area (Å²) in [6.07, 6.45) is 0.655. The van der Waals surface area contributed by atoms with E-state index in [0.29, 0.717) is 6.54 Å². The summed E-state index contributed by atoms with van der Waals surface area (Å²) in [6, 6.07) is 28.4. The molecule has 1 atom stereocenters. The minimum Gasteiger partial charge on any atom is -0.356 e. The molecule has 3 aromatic rings. The average Bonchev–Trinajstić information content (AvgIpc) is 3.11. The number of hydrogen-bond acceptors (Lipinski definition) is 3. The fourth-order valence-electron chi connectivity index (χ4n) is 4.14. The molecule has 1 heterocycles. The van der Waals surface area contributed by atoms with Gasteiger partial charge in [-0.05, 0) is 23.1 Å². The first-order valence-electron chi connectivity index (χ1n) is 11.1. The van der Waals surface area contributed by atoms with Gasteiger partial charge in [0.05, 0.1) is 13.0 Å². The Morgan fingerprint density at radius 1 is 0.848 bits per heavy atom. The first-order valence-corrected chi connectivity index (χ1v) is 11.1. The summed E-state index contributed by atoms with van der Waals surface area (Å²) in [6.45, 7) is 0.662. The van der Waals surface area contributed by atoms with Crippen LogP contribution in [0.1, 0.15) is 35.4 Å². The normalized spacial score (nSPS) is 15.5. The zero-order chi connectivity index (χ0) is 23.0. The largest absolute Gasteiger partial charge is 0.356 e. The van der Waals surface area contributed by atoms with Gasteiger partial charge in [0.1, 0.15) is 6.04 Å². The highest BCUT2D eigenvalue weighted by atomic mass is 16.2. The zero-order valence-electron chi connectivity index (χ0n) is 18.3. The van der Waals surface area contributed by atoms with Gasteiger partial charge in [-0.1, -0.05) is 91.0 Å². The number of hydrogen-bond donors (Lipinski definition) is 2. The lowest BCUT2D eigenvalue weighted by atomic mass is 9.88. The number of urea groups is 1. The van der Waals surface area contributed by atoms with Crippen LogP contribution < -0.4 is 10.6 Å². The van der Waals surface area contributed by atoms with E-state index in [1.165, 1.54) is 11.1 Å². The molecule has 1 aliphatic heterocycles. The van der Waals surface area contributed by atoms with Gasteiger partial charge in [0.2, 0.25) is 5.91 Å². The maximum absolute atomic E-state index is 12.7. The molecule has 168 valence electrons. The van der Waals surface area contributed by atoms with Crippen molar-refractivity contribution in [2.75, 3.05) is 6.54 Å². The van der Waals surface area contributed by atoms with Crippen molar-refractivity contribution in [1.29, 1.82) is 0 Å². The summed E-state index contributed by atoms with van der Waals surface area (Å²) in [5.74, 6) is -0.470. The molecule has 0 aliphatic carbocycles. The maximum Gasteiger partial charge on any atom is 0.325 e. The Hall–Kier alpha value is -3.93. The minimum atomic E-state index is -0.833. The number of nitrogens with one attached hydrogen (secondary N) is 2. The van der Waals surface area contributed by atoms with Crippen LogP contribution in [0, 0.1) is 0 Å². The fourth-order valence-corrected chi connectivity index (χ4v) is 4.14. The van der Waals surface area contributed by atoms with E-state index in [1.807, 2.05) is 66.7 Å². The summed E-state index contributed by atoms with van der Waals surface area (Å²) in [4.78, 5) is 38.6. The van der Waals surface area contributed by atoms with Crippen LogP contribution in [-0.2, 0) is 16.1 Å². The summed E-state index contributed by atoms with van der Waals surface area (Å²) in [7, 11) is 0. The molecule has 0 unspecified atom stereocenters. The van der Waals surface area contributed by atoms with Gasteiger partial charge in [0.15, 0.2) is 0 Å². The molecule has 4 rings (SSSR count). The summed E-state index contributed by atoms with van der Waals surface area (Å²) < 4.78 is 0. The van der Waals surface area contributed by atoms with E-state index in [2.05, 4.69) is 34.9 Å². The quantitative estimate of drug-likeness (QED) is 0.496. The Labute approximate surface area is 193 Å². The first kappa shape index (κ1) is 22.3. The molecule has 3 aromatic carbocycles. The topological polar surface area (TPSA) is 78.5 Å². The highest BCUT2D eigenvalue weighted by molar-refractivity contribution is 6.05. The van der Waals surface area contributed by atoms with Crippen molar-refractivity contribution in [1.82, 2.24) is 15.5 Å². The summed E-state index contributed by atoms with van der Waals surface area (Å²) >= 11 is 0. The van der Waals surface area contributed by atoms with Crippen LogP contribution in [0.4, 0.5) is 4.79 Å². The molecule has 0 bridgehead atoms. The van der Waals surface area contributed by atoms with E-state index >= 15 is 0 Å². The number of amides is 4. The smallest absolute Gasteiger partial charge is 0.325 e. The highest BCUT2D eigenvalue weighted by Gasteiger charge is 2.38. The lowest BCUT2D eigenvalue weighted by molar-refractivity contribution is -0.131. The van der Waals surface area contributed by atoms with Crippen LogP contribution in [0.25, 0.3) is 0 Å². The molecule has 4 amide bonds. The van der Waals surface area contributed by atoms with E-state index in [0.717, 1.165) is 16.9 Å².